The van der Waals surface area contributed by atoms with Gasteiger partial charge in [0, 0.05) is 10.0 Å². The van der Waals surface area contributed by atoms with Gasteiger partial charge < -0.3 is 9.47 Å². The molecule has 1 fully saturated rings. The Morgan fingerprint density at radius 2 is 1.92 bits per heavy atom. The summed E-state index contributed by atoms with van der Waals surface area (Å²) in [7, 11) is 1.50. The minimum absolute atomic E-state index is 0.333. The summed E-state index contributed by atoms with van der Waals surface area (Å²) in [5.74, 6) is 0.736. The number of hydrogen-bond donors (Lipinski definition) is 0. The van der Waals surface area contributed by atoms with Crippen molar-refractivity contribution in [3.8, 4) is 11.5 Å². The van der Waals surface area contributed by atoms with Crippen LogP contribution in [0.15, 0.2) is 51.8 Å². The number of carbonyl (C=O) groups is 2. The molecule has 0 atom stereocenters. The molecule has 134 valence electrons. The molecule has 0 saturated carbocycles. The molecule has 2 aromatic rings. The zero-order valence-electron chi connectivity index (χ0n) is 14.2. The highest BCUT2D eigenvalue weighted by atomic mass is 79.9. The highest BCUT2D eigenvalue weighted by molar-refractivity contribution is 9.10. The number of halogens is 1. The predicted octanol–water partition coefficient (Wildman–Crippen LogP) is 5.10. The molecule has 1 aliphatic heterocycles. The second-order valence-electron chi connectivity index (χ2n) is 5.30. The third-order valence-corrected chi connectivity index (χ3v) is 5.04. The van der Waals surface area contributed by atoms with Gasteiger partial charge in [-0.15, -0.1) is 0 Å². The summed E-state index contributed by atoms with van der Waals surface area (Å²) < 4.78 is 11.7. The van der Waals surface area contributed by atoms with Gasteiger partial charge in [0.05, 0.1) is 24.3 Å². The van der Waals surface area contributed by atoms with E-state index in [-0.39, 0.29) is 11.1 Å². The van der Waals surface area contributed by atoms with Crippen LogP contribution in [0.2, 0.25) is 0 Å². The molecule has 1 heterocycles. The van der Waals surface area contributed by atoms with Gasteiger partial charge in [-0.3, -0.25) is 9.59 Å². The highest BCUT2D eigenvalue weighted by Gasteiger charge is 2.37. The first kappa shape index (κ1) is 18.5. The van der Waals surface area contributed by atoms with Gasteiger partial charge >= 0.3 is 0 Å². The first-order valence-electron chi connectivity index (χ1n) is 7.88. The van der Waals surface area contributed by atoms with Crippen LogP contribution < -0.4 is 14.4 Å². The summed E-state index contributed by atoms with van der Waals surface area (Å²) in [5, 5.41) is -0.362. The van der Waals surface area contributed by atoms with E-state index in [1.54, 1.807) is 30.3 Å². The fraction of sp³-hybridized carbons (Fsp3) is 0.158. The monoisotopic (exact) mass is 433 g/mol. The molecule has 0 unspecified atom stereocenters. The Kier molecular flexibility index (Phi) is 5.68. The fourth-order valence-corrected chi connectivity index (χ4v) is 3.75. The van der Waals surface area contributed by atoms with E-state index in [0.717, 1.165) is 26.7 Å². The molecule has 0 aliphatic carbocycles. The summed E-state index contributed by atoms with van der Waals surface area (Å²) in [5.41, 5.74) is 1.16. The van der Waals surface area contributed by atoms with Gasteiger partial charge in [-0.2, -0.15) is 0 Å². The molecular formula is C19H16BrNO4S. The van der Waals surface area contributed by atoms with Crippen molar-refractivity contribution < 1.29 is 19.1 Å². The van der Waals surface area contributed by atoms with E-state index >= 15 is 0 Å². The lowest BCUT2D eigenvalue weighted by Gasteiger charge is -2.15. The number of anilines is 1. The van der Waals surface area contributed by atoms with Crippen LogP contribution in [0.1, 0.15) is 12.5 Å². The van der Waals surface area contributed by atoms with Crippen molar-refractivity contribution in [3.63, 3.8) is 0 Å². The molecule has 0 N–H and O–H groups in total. The zero-order chi connectivity index (χ0) is 18.7. The van der Waals surface area contributed by atoms with Crippen LogP contribution in [0, 0.1) is 0 Å². The van der Waals surface area contributed by atoms with Crippen LogP contribution in [0.4, 0.5) is 10.5 Å². The number of nitrogens with zero attached hydrogens (tertiary/aromatic N) is 1. The predicted molar refractivity (Wildman–Crippen MR) is 107 cm³/mol. The first-order chi connectivity index (χ1) is 12.5. The molecule has 5 nitrogen and oxygen atoms in total. The molecule has 0 bridgehead atoms. The highest BCUT2D eigenvalue weighted by Crippen LogP contribution is 2.40. The van der Waals surface area contributed by atoms with Crippen LogP contribution in [0.5, 0.6) is 11.5 Å². The van der Waals surface area contributed by atoms with E-state index in [1.165, 1.54) is 7.11 Å². The van der Waals surface area contributed by atoms with Crippen molar-refractivity contribution in [2.24, 2.45) is 0 Å². The molecule has 0 aromatic heterocycles. The third kappa shape index (κ3) is 3.64. The van der Waals surface area contributed by atoms with Gasteiger partial charge in [-0.05, 0) is 55.1 Å². The minimum atomic E-state index is -0.382. The summed E-state index contributed by atoms with van der Waals surface area (Å²) in [4.78, 5) is 26.8. The zero-order valence-corrected chi connectivity index (χ0v) is 16.6. The van der Waals surface area contributed by atoms with Gasteiger partial charge in [0.1, 0.15) is 11.5 Å². The maximum atomic E-state index is 12.9. The van der Waals surface area contributed by atoms with Crippen LogP contribution in [-0.4, -0.2) is 24.9 Å². The van der Waals surface area contributed by atoms with Gasteiger partial charge in [0.15, 0.2) is 0 Å². The summed E-state index contributed by atoms with van der Waals surface area (Å²) in [6.07, 6.45) is 1.68. The molecule has 7 heteroatoms. The molecule has 2 amide bonds. The van der Waals surface area contributed by atoms with Crippen molar-refractivity contribution in [1.82, 2.24) is 0 Å². The second kappa shape index (κ2) is 7.97. The molecule has 1 aliphatic rings. The van der Waals surface area contributed by atoms with Crippen molar-refractivity contribution in [2.45, 2.75) is 6.92 Å². The van der Waals surface area contributed by atoms with Crippen LogP contribution in [0.25, 0.3) is 6.08 Å². The topological polar surface area (TPSA) is 55.8 Å². The van der Waals surface area contributed by atoms with Gasteiger partial charge in [-0.25, -0.2) is 4.90 Å². The molecule has 3 rings (SSSR count). The van der Waals surface area contributed by atoms with Gasteiger partial charge in [0.2, 0.25) is 0 Å². The Labute approximate surface area is 164 Å². The number of carbonyl (C=O) groups excluding carboxylic acids is 2. The Bertz CT molecular complexity index is 897. The van der Waals surface area contributed by atoms with Crippen molar-refractivity contribution in [2.75, 3.05) is 18.6 Å². The maximum Gasteiger partial charge on any atom is 0.298 e. The van der Waals surface area contributed by atoms with Crippen LogP contribution in [0.3, 0.4) is 0 Å². The minimum Gasteiger partial charge on any atom is -0.495 e. The lowest BCUT2D eigenvalue weighted by atomic mass is 10.2. The smallest absolute Gasteiger partial charge is 0.298 e. The third-order valence-electron chi connectivity index (χ3n) is 3.68. The van der Waals surface area contributed by atoms with Crippen molar-refractivity contribution in [3.05, 3.63) is 57.4 Å². The Morgan fingerprint density at radius 1 is 1.15 bits per heavy atom. The number of hydrogen-bond acceptors (Lipinski definition) is 5. The average Bonchev–Trinajstić information content (AvgIpc) is 2.91. The molecule has 1 saturated heterocycles. The number of methoxy groups -OCH3 is 1. The molecule has 26 heavy (non-hydrogen) atoms. The average molecular weight is 434 g/mol. The van der Waals surface area contributed by atoms with E-state index in [9.17, 15) is 9.59 Å². The second-order valence-corrected chi connectivity index (χ2v) is 7.21. The normalized spacial score (nSPS) is 15.7. The number of ether oxygens (including phenoxy) is 2. The van der Waals surface area contributed by atoms with E-state index < -0.39 is 0 Å². The van der Waals surface area contributed by atoms with Crippen LogP contribution >= 0.6 is 27.7 Å². The summed E-state index contributed by atoms with van der Waals surface area (Å²) in [6, 6.07) is 12.5. The number of imide groups is 1. The summed E-state index contributed by atoms with van der Waals surface area (Å²) in [6.45, 7) is 2.40. The lowest BCUT2D eigenvalue weighted by Crippen LogP contribution is -2.28. The van der Waals surface area contributed by atoms with E-state index in [1.807, 2.05) is 25.1 Å². The van der Waals surface area contributed by atoms with E-state index in [0.29, 0.717) is 28.7 Å². The largest absolute Gasteiger partial charge is 0.495 e. The number of benzene rings is 2. The standard InChI is InChI=1S/C19H16BrNO4S/c1-3-25-15-9-8-13(20)10-12(15)11-17-18(22)21(19(23)26-17)14-6-4-5-7-16(14)24-2/h4-11H,3H2,1-2H3/b17-11-. The van der Waals surface area contributed by atoms with E-state index in [2.05, 4.69) is 15.9 Å². The number of rotatable bonds is 5. The number of para-hydroxylation sites is 2. The molecular weight excluding hydrogens is 418 g/mol. The summed E-state index contributed by atoms with van der Waals surface area (Å²) >= 11 is 4.32. The Hall–Kier alpha value is -2.25. The molecule has 0 spiro atoms. The quantitative estimate of drug-likeness (QED) is 0.614. The lowest BCUT2D eigenvalue weighted by molar-refractivity contribution is -0.113. The SMILES string of the molecule is CCOc1ccc(Br)cc1/C=C1\SC(=O)N(c2ccccc2OC)C1=O. The number of thioether (sulfide) groups is 1. The number of amides is 2. The Balaban J connectivity index is 1.99. The maximum absolute atomic E-state index is 12.9. The van der Waals surface area contributed by atoms with Crippen molar-refractivity contribution in [1.29, 1.82) is 0 Å². The fourth-order valence-electron chi connectivity index (χ4n) is 2.55. The first-order valence-corrected chi connectivity index (χ1v) is 9.49. The van der Waals surface area contributed by atoms with Gasteiger partial charge in [-0.1, -0.05) is 28.1 Å². The molecule has 2 aromatic carbocycles. The van der Waals surface area contributed by atoms with E-state index in [4.69, 9.17) is 9.47 Å². The van der Waals surface area contributed by atoms with Crippen molar-refractivity contribution >= 4 is 50.6 Å². The van der Waals surface area contributed by atoms with Gasteiger partial charge in [0.25, 0.3) is 11.1 Å². The van der Waals surface area contributed by atoms with Crippen LogP contribution in [-0.2, 0) is 4.79 Å². The molecule has 0 radical (unpaired) electrons. The Morgan fingerprint density at radius 3 is 2.65 bits per heavy atom.